The van der Waals surface area contributed by atoms with Crippen LogP contribution < -0.4 is 11.1 Å². The Kier molecular flexibility index (Phi) is 2.55. The van der Waals surface area contributed by atoms with E-state index >= 15 is 0 Å². The fraction of sp³-hybridized carbons (Fsp3) is 0.545. The lowest BCUT2D eigenvalue weighted by Crippen LogP contribution is -2.55. The highest BCUT2D eigenvalue weighted by atomic mass is 16.3. The predicted octanol–water partition coefficient (Wildman–Crippen LogP) is -1.59. The fourth-order valence-electron chi connectivity index (χ4n) is 2.56. The minimum atomic E-state index is -0.515. The fourth-order valence-corrected chi connectivity index (χ4v) is 2.56. The SMILES string of the molecule is NC1=NC2C(N=CN2[C@H]2C=C[C@@H](CO)C2)C(=O)N1. The van der Waals surface area contributed by atoms with Gasteiger partial charge in [0, 0.05) is 12.5 Å². The molecule has 4 atom stereocenters. The summed E-state index contributed by atoms with van der Waals surface area (Å²) in [7, 11) is 0. The molecule has 7 heteroatoms. The van der Waals surface area contributed by atoms with Crippen molar-refractivity contribution in [3.8, 4) is 0 Å². The number of amides is 1. The minimum Gasteiger partial charge on any atom is -0.396 e. The smallest absolute Gasteiger partial charge is 0.255 e. The lowest BCUT2D eigenvalue weighted by Gasteiger charge is -2.31. The van der Waals surface area contributed by atoms with Gasteiger partial charge in [0.2, 0.25) is 0 Å². The second-order valence-electron chi connectivity index (χ2n) is 4.70. The van der Waals surface area contributed by atoms with Gasteiger partial charge in [-0.15, -0.1) is 0 Å². The number of guanidine groups is 1. The van der Waals surface area contributed by atoms with Gasteiger partial charge in [-0.1, -0.05) is 12.2 Å². The number of rotatable bonds is 2. The van der Waals surface area contributed by atoms with E-state index in [0.717, 1.165) is 6.42 Å². The molecule has 0 radical (unpaired) electrons. The summed E-state index contributed by atoms with van der Waals surface area (Å²) in [6.45, 7) is 0.137. The summed E-state index contributed by atoms with van der Waals surface area (Å²) in [5, 5.41) is 11.6. The molecular formula is C11H15N5O2. The number of carbonyl (C=O) groups is 1. The number of aliphatic hydroxyl groups excluding tert-OH is 1. The highest BCUT2D eigenvalue weighted by Gasteiger charge is 2.42. The van der Waals surface area contributed by atoms with Crippen LogP contribution in [0.25, 0.3) is 0 Å². The van der Waals surface area contributed by atoms with E-state index in [2.05, 4.69) is 15.3 Å². The number of nitrogens with one attached hydrogen (secondary N) is 1. The molecule has 2 heterocycles. The zero-order valence-corrected chi connectivity index (χ0v) is 9.73. The molecule has 18 heavy (non-hydrogen) atoms. The largest absolute Gasteiger partial charge is 0.396 e. The molecule has 2 unspecified atom stereocenters. The van der Waals surface area contributed by atoms with Gasteiger partial charge in [-0.25, -0.2) is 4.99 Å². The maximum absolute atomic E-state index is 11.7. The summed E-state index contributed by atoms with van der Waals surface area (Å²) in [4.78, 5) is 22.0. The van der Waals surface area contributed by atoms with Crippen molar-refractivity contribution in [1.82, 2.24) is 10.2 Å². The Morgan fingerprint density at radius 2 is 2.39 bits per heavy atom. The van der Waals surface area contributed by atoms with Crippen molar-refractivity contribution in [3.05, 3.63) is 12.2 Å². The number of nitrogens with zero attached hydrogens (tertiary/aromatic N) is 3. The van der Waals surface area contributed by atoms with E-state index in [-0.39, 0.29) is 36.6 Å². The molecule has 0 bridgehead atoms. The second-order valence-corrected chi connectivity index (χ2v) is 4.70. The van der Waals surface area contributed by atoms with E-state index in [1.54, 1.807) is 6.34 Å². The number of aliphatic hydroxyl groups is 1. The number of aliphatic imine (C=N–C) groups is 2. The molecule has 4 N–H and O–H groups in total. The molecule has 0 fully saturated rings. The minimum absolute atomic E-state index is 0.114. The zero-order chi connectivity index (χ0) is 12.7. The Bertz CT molecular complexity index is 458. The highest BCUT2D eigenvalue weighted by molar-refractivity contribution is 6.02. The second kappa shape index (κ2) is 4.09. The van der Waals surface area contributed by atoms with Crippen molar-refractivity contribution >= 4 is 18.2 Å². The molecule has 3 aliphatic rings. The van der Waals surface area contributed by atoms with Crippen LogP contribution >= 0.6 is 0 Å². The molecule has 3 rings (SSSR count). The first kappa shape index (κ1) is 11.2. The van der Waals surface area contributed by atoms with E-state index in [0.29, 0.717) is 0 Å². The van der Waals surface area contributed by atoms with Gasteiger partial charge in [0.25, 0.3) is 5.91 Å². The summed E-state index contributed by atoms with van der Waals surface area (Å²) in [5.41, 5.74) is 5.57. The third-order valence-corrected chi connectivity index (χ3v) is 3.51. The van der Waals surface area contributed by atoms with Crippen molar-refractivity contribution in [1.29, 1.82) is 0 Å². The van der Waals surface area contributed by atoms with Crippen LogP contribution in [0.15, 0.2) is 22.1 Å². The van der Waals surface area contributed by atoms with E-state index in [9.17, 15) is 4.79 Å². The van der Waals surface area contributed by atoms with E-state index in [1.165, 1.54) is 0 Å². The summed E-state index contributed by atoms with van der Waals surface area (Å²) < 4.78 is 0. The Morgan fingerprint density at radius 3 is 3.11 bits per heavy atom. The third-order valence-electron chi connectivity index (χ3n) is 3.51. The van der Waals surface area contributed by atoms with Crippen LogP contribution in [0.2, 0.25) is 0 Å². The average Bonchev–Trinajstić information content (AvgIpc) is 2.93. The molecule has 7 nitrogen and oxygen atoms in total. The van der Waals surface area contributed by atoms with Gasteiger partial charge >= 0.3 is 0 Å². The number of nitrogens with two attached hydrogens (primary N) is 1. The van der Waals surface area contributed by atoms with Crippen LogP contribution in [-0.4, -0.2) is 53.1 Å². The predicted molar refractivity (Wildman–Crippen MR) is 65.8 cm³/mol. The van der Waals surface area contributed by atoms with Crippen molar-refractivity contribution in [2.75, 3.05) is 6.61 Å². The lowest BCUT2D eigenvalue weighted by molar-refractivity contribution is -0.122. The Labute approximate surface area is 104 Å². The van der Waals surface area contributed by atoms with Crippen molar-refractivity contribution < 1.29 is 9.90 Å². The standard InChI is InChI=1S/C11H15N5O2/c12-11-14-9-8(10(18)15-11)13-5-16(9)7-2-1-6(3-7)4-17/h1-2,5-9,17H,3-4H2,(H3,12,14,15,18)/t6-,7+,8?,9?/m1/s1. The normalized spacial score (nSPS) is 37.7. The van der Waals surface area contributed by atoms with E-state index in [1.807, 2.05) is 17.1 Å². The molecule has 1 amide bonds. The molecule has 0 aromatic rings. The first-order valence-corrected chi connectivity index (χ1v) is 5.93. The molecule has 0 aromatic carbocycles. The number of fused-ring (bicyclic) bond motifs is 1. The topological polar surface area (TPSA) is 103 Å². The summed E-state index contributed by atoms with van der Waals surface area (Å²) in [5.74, 6) is 0.0885. The molecule has 0 aromatic heterocycles. The van der Waals surface area contributed by atoms with Gasteiger partial charge in [0.05, 0.1) is 12.4 Å². The Hall–Kier alpha value is -1.89. The molecule has 1 aliphatic carbocycles. The molecule has 2 aliphatic heterocycles. The quantitative estimate of drug-likeness (QED) is 0.513. The summed E-state index contributed by atoms with van der Waals surface area (Å²) in [6.07, 6.45) is 6.12. The summed E-state index contributed by atoms with van der Waals surface area (Å²) >= 11 is 0. The third kappa shape index (κ3) is 1.67. The van der Waals surface area contributed by atoms with Crippen LogP contribution in [0.1, 0.15) is 6.42 Å². The van der Waals surface area contributed by atoms with Gasteiger partial charge in [0.1, 0.15) is 0 Å². The van der Waals surface area contributed by atoms with Gasteiger partial charge in [-0.3, -0.25) is 15.1 Å². The number of hydrogen-bond donors (Lipinski definition) is 3. The van der Waals surface area contributed by atoms with E-state index < -0.39 is 6.04 Å². The average molecular weight is 249 g/mol. The summed E-state index contributed by atoms with van der Waals surface area (Å²) in [6, 6.07) is -0.401. The lowest BCUT2D eigenvalue weighted by atomic mass is 10.1. The van der Waals surface area contributed by atoms with Crippen LogP contribution in [0.5, 0.6) is 0 Å². The van der Waals surface area contributed by atoms with Gasteiger partial charge < -0.3 is 15.7 Å². The zero-order valence-electron chi connectivity index (χ0n) is 9.73. The van der Waals surface area contributed by atoms with Crippen LogP contribution in [0.3, 0.4) is 0 Å². The first-order chi connectivity index (χ1) is 8.69. The monoisotopic (exact) mass is 249 g/mol. The van der Waals surface area contributed by atoms with Crippen LogP contribution in [0, 0.1) is 5.92 Å². The maximum atomic E-state index is 11.7. The van der Waals surface area contributed by atoms with Crippen LogP contribution in [0.4, 0.5) is 0 Å². The first-order valence-electron chi connectivity index (χ1n) is 5.93. The van der Waals surface area contributed by atoms with Gasteiger partial charge in [-0.05, 0) is 6.42 Å². The molecule has 96 valence electrons. The van der Waals surface area contributed by atoms with Crippen molar-refractivity contribution in [2.45, 2.75) is 24.7 Å². The van der Waals surface area contributed by atoms with Crippen molar-refractivity contribution in [2.24, 2.45) is 21.6 Å². The van der Waals surface area contributed by atoms with Crippen molar-refractivity contribution in [3.63, 3.8) is 0 Å². The number of hydrogen-bond acceptors (Lipinski definition) is 6. The Morgan fingerprint density at radius 1 is 1.56 bits per heavy atom. The van der Waals surface area contributed by atoms with Crippen LogP contribution in [-0.2, 0) is 4.79 Å². The number of carbonyl (C=O) groups excluding carboxylic acids is 1. The molecular weight excluding hydrogens is 234 g/mol. The molecule has 0 saturated heterocycles. The molecule has 0 spiro atoms. The highest BCUT2D eigenvalue weighted by Crippen LogP contribution is 2.28. The van der Waals surface area contributed by atoms with Gasteiger partial charge in [0.15, 0.2) is 18.2 Å². The van der Waals surface area contributed by atoms with E-state index in [4.69, 9.17) is 10.8 Å². The molecule has 0 saturated carbocycles. The van der Waals surface area contributed by atoms with Gasteiger partial charge in [-0.2, -0.15) is 0 Å². The maximum Gasteiger partial charge on any atom is 0.255 e. The Balaban J connectivity index is 1.79.